The Bertz CT molecular complexity index is 774. The standard InChI is InChI=1S/C12H8Br2ClN3S/c1-5-2-9-17-10(8-3-6(13)11(15)19-8)12(16)18(9)4-7(5)14/h2-4H,16H2,1H3. The zero-order valence-corrected chi connectivity index (χ0v) is 14.5. The molecule has 0 amide bonds. The molecule has 3 rings (SSSR count). The van der Waals surface area contributed by atoms with E-state index < -0.39 is 0 Å². The van der Waals surface area contributed by atoms with E-state index in [0.717, 1.165) is 30.7 Å². The molecule has 0 aromatic carbocycles. The second kappa shape index (κ2) is 4.77. The molecule has 0 unspecified atom stereocenters. The van der Waals surface area contributed by atoms with E-state index in [1.807, 2.05) is 29.7 Å². The molecule has 3 heterocycles. The number of thiophene rings is 1. The summed E-state index contributed by atoms with van der Waals surface area (Å²) in [4.78, 5) is 5.54. The number of nitrogens with two attached hydrogens (primary N) is 1. The van der Waals surface area contributed by atoms with Gasteiger partial charge in [0.2, 0.25) is 0 Å². The van der Waals surface area contributed by atoms with Crippen molar-refractivity contribution >= 4 is 66.3 Å². The molecule has 3 aromatic rings. The Morgan fingerprint density at radius 2 is 2.05 bits per heavy atom. The molecule has 2 N–H and O–H groups in total. The summed E-state index contributed by atoms with van der Waals surface area (Å²) in [5.74, 6) is 0.612. The van der Waals surface area contributed by atoms with E-state index in [2.05, 4.69) is 36.8 Å². The Hall–Kier alpha value is -0.560. The summed E-state index contributed by atoms with van der Waals surface area (Å²) in [5, 5.41) is 0. The van der Waals surface area contributed by atoms with Crippen LogP contribution >= 0.6 is 54.8 Å². The first-order chi connectivity index (χ1) is 8.97. The molecule has 0 aliphatic rings. The van der Waals surface area contributed by atoms with Crippen molar-refractivity contribution in [2.45, 2.75) is 6.92 Å². The van der Waals surface area contributed by atoms with Crippen LogP contribution in [0, 0.1) is 6.92 Å². The first-order valence-electron chi connectivity index (χ1n) is 5.36. The van der Waals surface area contributed by atoms with E-state index >= 15 is 0 Å². The van der Waals surface area contributed by atoms with E-state index in [-0.39, 0.29) is 0 Å². The number of anilines is 1. The van der Waals surface area contributed by atoms with Crippen molar-refractivity contribution in [3.8, 4) is 10.6 Å². The van der Waals surface area contributed by atoms with Gasteiger partial charge in [-0.3, -0.25) is 4.40 Å². The van der Waals surface area contributed by atoms with Gasteiger partial charge in [0.1, 0.15) is 21.5 Å². The maximum atomic E-state index is 6.18. The van der Waals surface area contributed by atoms with Crippen LogP contribution in [0.2, 0.25) is 4.34 Å². The molecule has 0 saturated carbocycles. The molecule has 19 heavy (non-hydrogen) atoms. The maximum absolute atomic E-state index is 6.18. The average Bonchev–Trinajstić information content (AvgIpc) is 2.83. The lowest BCUT2D eigenvalue weighted by molar-refractivity contribution is 1.16. The van der Waals surface area contributed by atoms with Crippen LogP contribution in [0.15, 0.2) is 27.3 Å². The van der Waals surface area contributed by atoms with Crippen LogP contribution in [-0.4, -0.2) is 9.38 Å². The van der Waals surface area contributed by atoms with Crippen LogP contribution in [0.25, 0.3) is 16.2 Å². The third-order valence-electron chi connectivity index (χ3n) is 2.82. The second-order valence-corrected chi connectivity index (χ2v) is 7.47. The highest BCUT2D eigenvalue weighted by molar-refractivity contribution is 9.10. The van der Waals surface area contributed by atoms with Gasteiger partial charge < -0.3 is 5.73 Å². The zero-order chi connectivity index (χ0) is 13.7. The summed E-state index contributed by atoms with van der Waals surface area (Å²) in [7, 11) is 0. The molecule has 3 nitrogen and oxygen atoms in total. The Morgan fingerprint density at radius 3 is 2.68 bits per heavy atom. The maximum Gasteiger partial charge on any atom is 0.139 e. The highest BCUT2D eigenvalue weighted by Crippen LogP contribution is 2.40. The SMILES string of the molecule is Cc1cc2nc(-c3cc(Br)c(Cl)s3)c(N)n2cc1Br. The minimum Gasteiger partial charge on any atom is -0.383 e. The minimum absolute atomic E-state index is 0.612. The Morgan fingerprint density at radius 1 is 1.32 bits per heavy atom. The van der Waals surface area contributed by atoms with Crippen molar-refractivity contribution in [3.05, 3.63) is 37.2 Å². The third-order valence-corrected chi connectivity index (χ3v) is 6.13. The minimum atomic E-state index is 0.612. The average molecular weight is 422 g/mol. The Labute approximate surface area is 135 Å². The summed E-state index contributed by atoms with van der Waals surface area (Å²) < 4.78 is 4.43. The largest absolute Gasteiger partial charge is 0.383 e. The fourth-order valence-corrected chi connectivity index (χ4v) is 3.84. The fraction of sp³-hybridized carbons (Fsp3) is 0.0833. The summed E-state index contributed by atoms with van der Waals surface area (Å²) in [5.41, 5.74) is 8.88. The normalized spacial score (nSPS) is 11.4. The van der Waals surface area contributed by atoms with Gasteiger partial charge in [0.25, 0.3) is 0 Å². The molecule has 0 radical (unpaired) electrons. The predicted molar refractivity (Wildman–Crippen MR) is 88.1 cm³/mol. The van der Waals surface area contributed by atoms with Gasteiger partial charge in [-0.15, -0.1) is 11.3 Å². The zero-order valence-electron chi connectivity index (χ0n) is 9.75. The monoisotopic (exact) mass is 419 g/mol. The van der Waals surface area contributed by atoms with Crippen LogP contribution in [0.3, 0.4) is 0 Å². The van der Waals surface area contributed by atoms with Crippen LogP contribution in [0.5, 0.6) is 0 Å². The number of aryl methyl sites for hydroxylation is 1. The molecular formula is C12H8Br2ClN3S. The number of pyridine rings is 1. The predicted octanol–water partition coefficient (Wildman–Crippen LogP) is 5.13. The number of hydrogen-bond donors (Lipinski definition) is 1. The van der Waals surface area contributed by atoms with Gasteiger partial charge in [-0.2, -0.15) is 0 Å². The lowest BCUT2D eigenvalue weighted by atomic mass is 10.3. The number of halogens is 3. The topological polar surface area (TPSA) is 43.3 Å². The summed E-state index contributed by atoms with van der Waals surface area (Å²) in [6.45, 7) is 2.02. The van der Waals surface area contributed by atoms with Gasteiger partial charge in [0.15, 0.2) is 0 Å². The van der Waals surface area contributed by atoms with Gasteiger partial charge in [0, 0.05) is 15.1 Å². The molecule has 7 heteroatoms. The molecule has 0 spiro atoms. The van der Waals surface area contributed by atoms with Crippen molar-refractivity contribution in [1.82, 2.24) is 9.38 Å². The fourth-order valence-electron chi connectivity index (χ4n) is 1.82. The van der Waals surface area contributed by atoms with Crippen LogP contribution in [0.4, 0.5) is 5.82 Å². The molecule has 0 aliphatic heterocycles. The Kier molecular flexibility index (Phi) is 3.37. The first-order valence-corrected chi connectivity index (χ1v) is 8.14. The number of imidazole rings is 1. The van der Waals surface area contributed by atoms with E-state index in [0.29, 0.717) is 10.2 Å². The number of hydrogen-bond acceptors (Lipinski definition) is 3. The van der Waals surface area contributed by atoms with Crippen molar-refractivity contribution in [1.29, 1.82) is 0 Å². The van der Waals surface area contributed by atoms with Gasteiger partial charge in [-0.05, 0) is 56.5 Å². The third kappa shape index (κ3) is 2.20. The molecule has 3 aromatic heterocycles. The van der Waals surface area contributed by atoms with Crippen LogP contribution in [-0.2, 0) is 0 Å². The summed E-state index contributed by atoms with van der Waals surface area (Å²) in [6, 6.07) is 3.93. The molecule has 0 saturated heterocycles. The van der Waals surface area contributed by atoms with Gasteiger partial charge >= 0.3 is 0 Å². The van der Waals surface area contributed by atoms with Crippen LogP contribution < -0.4 is 5.73 Å². The lowest BCUT2D eigenvalue weighted by Gasteiger charge is -2.00. The van der Waals surface area contributed by atoms with E-state index in [9.17, 15) is 0 Å². The number of nitrogen functional groups attached to an aromatic ring is 1. The van der Waals surface area contributed by atoms with E-state index in [1.165, 1.54) is 11.3 Å². The molecule has 0 aliphatic carbocycles. The highest BCUT2D eigenvalue weighted by atomic mass is 79.9. The Balaban J connectivity index is 2.28. The molecule has 98 valence electrons. The van der Waals surface area contributed by atoms with Crippen molar-refractivity contribution in [2.75, 3.05) is 5.73 Å². The van der Waals surface area contributed by atoms with Gasteiger partial charge in [0.05, 0.1) is 4.88 Å². The molecular weight excluding hydrogens is 413 g/mol. The van der Waals surface area contributed by atoms with Gasteiger partial charge in [-0.1, -0.05) is 11.6 Å². The number of rotatable bonds is 1. The summed E-state index contributed by atoms with van der Waals surface area (Å²) in [6.07, 6.45) is 1.93. The number of fused-ring (bicyclic) bond motifs is 1. The number of aromatic nitrogens is 2. The lowest BCUT2D eigenvalue weighted by Crippen LogP contribution is -1.94. The van der Waals surface area contributed by atoms with Gasteiger partial charge in [-0.25, -0.2) is 4.98 Å². The summed E-state index contributed by atoms with van der Waals surface area (Å²) >= 11 is 14.4. The van der Waals surface area contributed by atoms with Crippen molar-refractivity contribution < 1.29 is 0 Å². The van der Waals surface area contributed by atoms with Crippen molar-refractivity contribution in [3.63, 3.8) is 0 Å². The highest BCUT2D eigenvalue weighted by Gasteiger charge is 2.16. The second-order valence-electron chi connectivity index (χ2n) is 4.11. The van der Waals surface area contributed by atoms with Crippen molar-refractivity contribution in [2.24, 2.45) is 0 Å². The molecule has 0 atom stereocenters. The smallest absolute Gasteiger partial charge is 0.139 e. The van der Waals surface area contributed by atoms with E-state index in [1.54, 1.807) is 0 Å². The molecule has 0 fully saturated rings. The number of nitrogens with zero attached hydrogens (tertiary/aromatic N) is 2. The molecule has 0 bridgehead atoms. The quantitative estimate of drug-likeness (QED) is 0.592. The van der Waals surface area contributed by atoms with Crippen LogP contribution in [0.1, 0.15) is 5.56 Å². The first kappa shape index (κ1) is 13.4. The van der Waals surface area contributed by atoms with E-state index in [4.69, 9.17) is 17.3 Å².